The molecule has 2 heteroatoms. The highest BCUT2D eigenvalue weighted by Crippen LogP contribution is 2.24. The van der Waals surface area contributed by atoms with E-state index in [2.05, 4.69) is 42.3 Å². The molecule has 0 bridgehead atoms. The summed E-state index contributed by atoms with van der Waals surface area (Å²) in [6, 6.07) is 8.48. The van der Waals surface area contributed by atoms with E-state index in [9.17, 15) is 0 Å². The lowest BCUT2D eigenvalue weighted by Crippen LogP contribution is -1.98. The number of aryl methyl sites for hydroxylation is 1. The predicted octanol–water partition coefficient (Wildman–Crippen LogP) is 3.62. The van der Waals surface area contributed by atoms with E-state index in [4.69, 9.17) is 0 Å². The maximum atomic E-state index is 4.50. The Morgan fingerprint density at radius 1 is 1.19 bits per heavy atom. The Hall–Kier alpha value is -1.57. The third-order valence-electron chi connectivity index (χ3n) is 2.74. The van der Waals surface area contributed by atoms with Crippen LogP contribution in [0.2, 0.25) is 0 Å². The van der Waals surface area contributed by atoms with Crippen molar-refractivity contribution in [1.29, 1.82) is 0 Å². The van der Waals surface area contributed by atoms with Gasteiger partial charge in [-0.2, -0.15) is 0 Å². The summed E-state index contributed by atoms with van der Waals surface area (Å²) in [7, 11) is 0. The van der Waals surface area contributed by atoms with Gasteiger partial charge in [-0.25, -0.2) is 0 Å². The van der Waals surface area contributed by atoms with Gasteiger partial charge < -0.3 is 5.32 Å². The van der Waals surface area contributed by atoms with Crippen LogP contribution in [0, 0.1) is 0 Å². The molecule has 0 fully saturated rings. The number of rotatable bonds is 4. The average Bonchev–Trinajstić information content (AvgIpc) is 2.31. The van der Waals surface area contributed by atoms with Crippen molar-refractivity contribution in [2.45, 2.75) is 26.7 Å². The molecule has 0 spiro atoms. The summed E-state index contributed by atoms with van der Waals surface area (Å²) in [4.78, 5) is 4.50. The molecule has 84 valence electrons. The average molecular weight is 214 g/mol. The van der Waals surface area contributed by atoms with Crippen LogP contribution in [0.4, 0.5) is 5.69 Å². The van der Waals surface area contributed by atoms with Crippen LogP contribution < -0.4 is 5.32 Å². The molecule has 0 radical (unpaired) electrons. The van der Waals surface area contributed by atoms with E-state index in [1.807, 2.05) is 12.3 Å². The Kier molecular flexibility index (Phi) is 3.40. The topological polar surface area (TPSA) is 24.9 Å². The fourth-order valence-electron chi connectivity index (χ4n) is 2.05. The first-order valence-corrected chi connectivity index (χ1v) is 5.97. The number of fused-ring (bicyclic) bond motifs is 1. The lowest BCUT2D eigenvalue weighted by atomic mass is 10.0. The summed E-state index contributed by atoms with van der Waals surface area (Å²) in [5.74, 6) is 0. The maximum Gasteiger partial charge on any atom is 0.0754 e. The van der Waals surface area contributed by atoms with Crippen molar-refractivity contribution in [2.75, 3.05) is 11.9 Å². The van der Waals surface area contributed by atoms with Crippen molar-refractivity contribution in [1.82, 2.24) is 4.98 Å². The molecule has 16 heavy (non-hydrogen) atoms. The standard InChI is InChI=1S/C14H18N2/c1-3-6-11-7-5-8-12-13(15-4-2)9-10-16-14(11)12/h5,7-10H,3-4,6H2,1-2H3,(H,15,16). The zero-order chi connectivity index (χ0) is 11.4. The molecular weight excluding hydrogens is 196 g/mol. The Morgan fingerprint density at radius 2 is 2.06 bits per heavy atom. The molecule has 1 aromatic carbocycles. The molecule has 0 unspecified atom stereocenters. The van der Waals surface area contributed by atoms with E-state index in [0.29, 0.717) is 0 Å². The number of para-hydroxylation sites is 1. The van der Waals surface area contributed by atoms with Crippen molar-refractivity contribution in [3.05, 3.63) is 36.0 Å². The van der Waals surface area contributed by atoms with Gasteiger partial charge in [-0.05, 0) is 25.0 Å². The van der Waals surface area contributed by atoms with Crippen LogP contribution in [0.3, 0.4) is 0 Å². The number of anilines is 1. The highest BCUT2D eigenvalue weighted by atomic mass is 14.9. The van der Waals surface area contributed by atoms with Crippen LogP contribution in [0.1, 0.15) is 25.8 Å². The number of pyridine rings is 1. The van der Waals surface area contributed by atoms with E-state index in [-0.39, 0.29) is 0 Å². The van der Waals surface area contributed by atoms with E-state index in [0.717, 1.165) is 24.9 Å². The van der Waals surface area contributed by atoms with Gasteiger partial charge in [0.1, 0.15) is 0 Å². The van der Waals surface area contributed by atoms with Crippen LogP contribution in [-0.4, -0.2) is 11.5 Å². The van der Waals surface area contributed by atoms with Gasteiger partial charge >= 0.3 is 0 Å². The third kappa shape index (κ3) is 2.01. The third-order valence-corrected chi connectivity index (χ3v) is 2.74. The Morgan fingerprint density at radius 3 is 2.81 bits per heavy atom. The first-order valence-electron chi connectivity index (χ1n) is 5.97. The second-order valence-corrected chi connectivity index (χ2v) is 3.95. The first kappa shape index (κ1) is 10.9. The molecule has 0 saturated heterocycles. The monoisotopic (exact) mass is 214 g/mol. The molecule has 0 saturated carbocycles. The smallest absolute Gasteiger partial charge is 0.0754 e. The van der Waals surface area contributed by atoms with Crippen LogP contribution in [-0.2, 0) is 6.42 Å². The van der Waals surface area contributed by atoms with E-state index in [1.54, 1.807) is 0 Å². The summed E-state index contributed by atoms with van der Waals surface area (Å²) in [6.07, 6.45) is 4.14. The summed E-state index contributed by atoms with van der Waals surface area (Å²) in [6.45, 7) is 5.26. The fraction of sp³-hybridized carbons (Fsp3) is 0.357. The van der Waals surface area contributed by atoms with Crippen molar-refractivity contribution >= 4 is 16.6 Å². The second kappa shape index (κ2) is 4.97. The minimum absolute atomic E-state index is 0.942. The van der Waals surface area contributed by atoms with Gasteiger partial charge in [0.05, 0.1) is 5.52 Å². The number of nitrogens with one attached hydrogen (secondary N) is 1. The molecule has 1 heterocycles. The number of hydrogen-bond acceptors (Lipinski definition) is 2. The number of nitrogens with zero attached hydrogens (tertiary/aromatic N) is 1. The summed E-state index contributed by atoms with van der Waals surface area (Å²) < 4.78 is 0. The van der Waals surface area contributed by atoms with Crippen LogP contribution in [0.15, 0.2) is 30.5 Å². The zero-order valence-corrected chi connectivity index (χ0v) is 9.96. The molecule has 2 rings (SSSR count). The number of hydrogen-bond donors (Lipinski definition) is 1. The van der Waals surface area contributed by atoms with Crippen LogP contribution in [0.25, 0.3) is 10.9 Å². The molecule has 0 atom stereocenters. The van der Waals surface area contributed by atoms with E-state index < -0.39 is 0 Å². The van der Waals surface area contributed by atoms with Gasteiger partial charge in [0.25, 0.3) is 0 Å². The molecule has 0 aliphatic heterocycles. The molecule has 2 aromatic rings. The largest absolute Gasteiger partial charge is 0.385 e. The zero-order valence-electron chi connectivity index (χ0n) is 9.96. The van der Waals surface area contributed by atoms with Gasteiger partial charge in [-0.15, -0.1) is 0 Å². The molecule has 0 aliphatic rings. The minimum Gasteiger partial charge on any atom is -0.385 e. The first-order chi connectivity index (χ1) is 7.86. The molecule has 0 aliphatic carbocycles. The lowest BCUT2D eigenvalue weighted by Gasteiger charge is -2.09. The second-order valence-electron chi connectivity index (χ2n) is 3.95. The van der Waals surface area contributed by atoms with Gasteiger partial charge in [-0.1, -0.05) is 31.5 Å². The quantitative estimate of drug-likeness (QED) is 0.840. The van der Waals surface area contributed by atoms with Gasteiger partial charge in [-0.3, -0.25) is 4.98 Å². The number of benzene rings is 1. The van der Waals surface area contributed by atoms with Crippen molar-refractivity contribution in [2.24, 2.45) is 0 Å². The van der Waals surface area contributed by atoms with Crippen molar-refractivity contribution in [3.8, 4) is 0 Å². The van der Waals surface area contributed by atoms with Crippen LogP contribution in [0.5, 0.6) is 0 Å². The lowest BCUT2D eigenvalue weighted by molar-refractivity contribution is 0.926. The molecular formula is C14H18N2. The molecule has 2 nitrogen and oxygen atoms in total. The highest BCUT2D eigenvalue weighted by Gasteiger charge is 2.04. The van der Waals surface area contributed by atoms with Crippen molar-refractivity contribution in [3.63, 3.8) is 0 Å². The maximum absolute atomic E-state index is 4.50. The van der Waals surface area contributed by atoms with Crippen molar-refractivity contribution < 1.29 is 0 Å². The molecule has 1 aromatic heterocycles. The molecule has 1 N–H and O–H groups in total. The summed E-state index contributed by atoms with van der Waals surface area (Å²) >= 11 is 0. The predicted molar refractivity (Wildman–Crippen MR) is 69.9 cm³/mol. The SMILES string of the molecule is CCCc1cccc2c(NCC)ccnc12. The summed E-state index contributed by atoms with van der Waals surface area (Å²) in [5.41, 5.74) is 3.67. The normalized spacial score (nSPS) is 10.6. The van der Waals surface area contributed by atoms with E-state index >= 15 is 0 Å². The minimum atomic E-state index is 0.942. The fourth-order valence-corrected chi connectivity index (χ4v) is 2.05. The van der Waals surface area contributed by atoms with Gasteiger partial charge in [0.15, 0.2) is 0 Å². The van der Waals surface area contributed by atoms with E-state index in [1.165, 1.54) is 16.6 Å². The number of aromatic nitrogens is 1. The molecule has 0 amide bonds. The highest BCUT2D eigenvalue weighted by molar-refractivity contribution is 5.92. The summed E-state index contributed by atoms with van der Waals surface area (Å²) in [5, 5.41) is 4.61. The van der Waals surface area contributed by atoms with Gasteiger partial charge in [0.2, 0.25) is 0 Å². The van der Waals surface area contributed by atoms with Gasteiger partial charge in [0, 0.05) is 23.8 Å². The Balaban J connectivity index is 2.57. The Labute approximate surface area is 96.7 Å². The van der Waals surface area contributed by atoms with Crippen LogP contribution >= 0.6 is 0 Å². The Bertz CT molecular complexity index is 432.